The lowest BCUT2D eigenvalue weighted by molar-refractivity contribution is 0.214. The Kier molecular flexibility index (Phi) is 5.84. The van der Waals surface area contributed by atoms with Crippen molar-refractivity contribution in [3.8, 4) is 11.1 Å². The fourth-order valence-electron chi connectivity index (χ4n) is 3.15. The highest BCUT2D eigenvalue weighted by atomic mass is 16.6. The van der Waals surface area contributed by atoms with Gasteiger partial charge in [0.25, 0.3) is 5.95 Å². The van der Waals surface area contributed by atoms with Crippen molar-refractivity contribution in [1.29, 1.82) is 0 Å². The van der Waals surface area contributed by atoms with Crippen molar-refractivity contribution in [2.24, 2.45) is 5.16 Å². The minimum atomic E-state index is -0.374. The van der Waals surface area contributed by atoms with E-state index in [1.54, 1.807) is 16.9 Å². The predicted octanol–water partition coefficient (Wildman–Crippen LogP) is 3.33. The molecule has 0 bridgehead atoms. The van der Waals surface area contributed by atoms with Crippen molar-refractivity contribution in [2.45, 2.75) is 6.92 Å². The smallest absolute Gasteiger partial charge is 0.321 e. The number of oxime groups is 1. The van der Waals surface area contributed by atoms with Crippen LogP contribution >= 0.6 is 0 Å². The van der Waals surface area contributed by atoms with Crippen LogP contribution in [0.3, 0.4) is 0 Å². The Hall–Kier alpha value is -4.27. The molecule has 4 aromatic rings. The van der Waals surface area contributed by atoms with Gasteiger partial charge in [-0.2, -0.15) is 4.98 Å². The Balaban J connectivity index is 1.91. The summed E-state index contributed by atoms with van der Waals surface area (Å²) >= 11 is 0. The van der Waals surface area contributed by atoms with Crippen LogP contribution < -0.4 is 10.6 Å². The fraction of sp³-hybridized carbons (Fsp3) is 0.136. The van der Waals surface area contributed by atoms with E-state index in [4.69, 9.17) is 4.84 Å². The van der Waals surface area contributed by atoms with Crippen LogP contribution in [0.15, 0.2) is 72.1 Å². The molecule has 31 heavy (non-hydrogen) atoms. The van der Waals surface area contributed by atoms with Crippen molar-refractivity contribution in [3.05, 3.63) is 78.2 Å². The van der Waals surface area contributed by atoms with E-state index in [9.17, 15) is 4.79 Å². The summed E-state index contributed by atoms with van der Waals surface area (Å²) in [6.07, 6.45) is 3.49. The number of carbonyl (C=O) groups is 1. The van der Waals surface area contributed by atoms with E-state index in [0.717, 1.165) is 16.7 Å². The summed E-state index contributed by atoms with van der Waals surface area (Å²) in [5.74, 6) is 0.181. The summed E-state index contributed by atoms with van der Waals surface area (Å²) in [6, 6.07) is 16.9. The summed E-state index contributed by atoms with van der Waals surface area (Å²) in [6.45, 7) is 2.33. The van der Waals surface area contributed by atoms with E-state index in [1.807, 2.05) is 61.5 Å². The maximum absolute atomic E-state index is 12.0. The highest BCUT2D eigenvalue weighted by Crippen LogP contribution is 2.24. The van der Waals surface area contributed by atoms with Gasteiger partial charge in [0.05, 0.1) is 5.69 Å². The largest absolute Gasteiger partial charge is 0.399 e. The molecule has 9 heteroatoms. The number of hydrogen-bond donors (Lipinski definition) is 2. The van der Waals surface area contributed by atoms with Crippen LogP contribution in [0, 0.1) is 0 Å². The van der Waals surface area contributed by atoms with Crippen LogP contribution in [-0.4, -0.2) is 45.0 Å². The van der Waals surface area contributed by atoms with Gasteiger partial charge in [-0.1, -0.05) is 41.6 Å². The molecule has 9 nitrogen and oxygen atoms in total. The number of amides is 2. The van der Waals surface area contributed by atoms with E-state index in [1.165, 1.54) is 7.11 Å². The minimum absolute atomic E-state index is 0.181. The summed E-state index contributed by atoms with van der Waals surface area (Å²) in [7, 11) is 1.49. The zero-order chi connectivity index (χ0) is 21.6. The molecule has 0 unspecified atom stereocenters. The van der Waals surface area contributed by atoms with E-state index in [0.29, 0.717) is 23.6 Å². The normalized spacial score (nSPS) is 11.4. The second kappa shape index (κ2) is 9.04. The van der Waals surface area contributed by atoms with Crippen molar-refractivity contribution in [1.82, 2.24) is 24.9 Å². The molecule has 4 rings (SSSR count). The van der Waals surface area contributed by atoms with Gasteiger partial charge in [0.1, 0.15) is 12.8 Å². The Morgan fingerprint density at radius 2 is 1.97 bits per heavy atom. The molecule has 0 radical (unpaired) electrons. The SMILES string of the molecule is CCNC(=O)Nc1nc2cc(-c3cccnc3)cc(/C(=N/OC)c3ccccc3)n2n1. The molecule has 2 amide bonds. The zero-order valence-electron chi connectivity index (χ0n) is 17.1. The highest BCUT2D eigenvalue weighted by Gasteiger charge is 2.18. The lowest BCUT2D eigenvalue weighted by atomic mass is 10.0. The van der Waals surface area contributed by atoms with Crippen LogP contribution in [-0.2, 0) is 4.84 Å². The molecule has 3 heterocycles. The van der Waals surface area contributed by atoms with E-state index in [-0.39, 0.29) is 12.0 Å². The lowest BCUT2D eigenvalue weighted by Gasteiger charge is -2.10. The number of rotatable bonds is 6. The number of aromatic nitrogens is 4. The number of urea groups is 1. The molecule has 0 atom stereocenters. The molecule has 0 saturated carbocycles. The molecule has 156 valence electrons. The van der Waals surface area contributed by atoms with Crippen molar-refractivity contribution < 1.29 is 9.63 Å². The first kappa shape index (κ1) is 20.0. The van der Waals surface area contributed by atoms with Gasteiger partial charge in [0.15, 0.2) is 5.65 Å². The third-order valence-electron chi connectivity index (χ3n) is 4.47. The van der Waals surface area contributed by atoms with Gasteiger partial charge in [0, 0.05) is 30.1 Å². The molecule has 2 N–H and O–H groups in total. The zero-order valence-corrected chi connectivity index (χ0v) is 17.1. The molecule has 0 aliphatic rings. The number of anilines is 1. The average molecular weight is 415 g/mol. The van der Waals surface area contributed by atoms with Crippen molar-refractivity contribution >= 4 is 23.3 Å². The number of pyridine rings is 2. The average Bonchev–Trinajstić information content (AvgIpc) is 3.20. The molecule has 0 aliphatic heterocycles. The maximum atomic E-state index is 12.0. The van der Waals surface area contributed by atoms with Gasteiger partial charge >= 0.3 is 6.03 Å². The van der Waals surface area contributed by atoms with E-state index >= 15 is 0 Å². The van der Waals surface area contributed by atoms with E-state index in [2.05, 4.69) is 30.9 Å². The molecule has 0 spiro atoms. The first-order chi connectivity index (χ1) is 15.2. The standard InChI is InChI=1S/C22H21N7O2/c1-3-24-22(30)26-21-25-19-13-17(16-10-7-11-23-14-16)12-18(29(19)27-21)20(28-31-2)15-8-5-4-6-9-15/h4-14H,3H2,1-2H3,(H2,24,26,27,30)/b28-20+. The predicted molar refractivity (Wildman–Crippen MR) is 118 cm³/mol. The number of nitrogens with zero attached hydrogens (tertiary/aromatic N) is 5. The van der Waals surface area contributed by atoms with Gasteiger partial charge in [-0.25, -0.2) is 9.31 Å². The summed E-state index contributed by atoms with van der Waals surface area (Å²) < 4.78 is 1.63. The molecule has 0 saturated heterocycles. The second-order valence-corrected chi connectivity index (χ2v) is 6.55. The van der Waals surface area contributed by atoms with Gasteiger partial charge in [0.2, 0.25) is 0 Å². The molecule has 0 fully saturated rings. The van der Waals surface area contributed by atoms with Crippen molar-refractivity contribution in [3.63, 3.8) is 0 Å². The lowest BCUT2D eigenvalue weighted by Crippen LogP contribution is -2.28. The topological polar surface area (TPSA) is 106 Å². The molecular formula is C22H21N7O2. The summed E-state index contributed by atoms with van der Waals surface area (Å²) in [5, 5.41) is 14.1. The number of hydrogen-bond acceptors (Lipinski definition) is 6. The van der Waals surface area contributed by atoms with Gasteiger partial charge in [-0.3, -0.25) is 10.3 Å². The monoisotopic (exact) mass is 415 g/mol. The Morgan fingerprint density at radius 3 is 2.68 bits per heavy atom. The second-order valence-electron chi connectivity index (χ2n) is 6.55. The maximum Gasteiger partial charge on any atom is 0.321 e. The van der Waals surface area contributed by atoms with Gasteiger partial charge in [-0.05, 0) is 30.7 Å². The van der Waals surface area contributed by atoms with Gasteiger partial charge < -0.3 is 10.2 Å². The highest BCUT2D eigenvalue weighted by molar-refractivity contribution is 6.12. The Morgan fingerprint density at radius 1 is 1.13 bits per heavy atom. The van der Waals surface area contributed by atoms with Crippen LogP contribution in [0.4, 0.5) is 10.7 Å². The first-order valence-corrected chi connectivity index (χ1v) is 9.72. The third-order valence-corrected chi connectivity index (χ3v) is 4.47. The number of carbonyl (C=O) groups excluding carboxylic acids is 1. The van der Waals surface area contributed by atoms with Crippen molar-refractivity contribution in [2.75, 3.05) is 19.0 Å². The van der Waals surface area contributed by atoms with Crippen LogP contribution in [0.5, 0.6) is 0 Å². The Bertz CT molecular complexity index is 1220. The number of benzene rings is 1. The Labute approximate surface area is 178 Å². The molecule has 1 aromatic carbocycles. The van der Waals surface area contributed by atoms with Crippen LogP contribution in [0.1, 0.15) is 18.2 Å². The number of nitrogens with one attached hydrogen (secondary N) is 2. The van der Waals surface area contributed by atoms with Gasteiger partial charge in [-0.15, -0.1) is 5.10 Å². The molecular weight excluding hydrogens is 394 g/mol. The summed E-state index contributed by atoms with van der Waals surface area (Å²) in [5.41, 5.74) is 4.42. The molecule has 0 aliphatic carbocycles. The number of fused-ring (bicyclic) bond motifs is 1. The van der Waals surface area contributed by atoms with E-state index < -0.39 is 0 Å². The third kappa shape index (κ3) is 4.35. The quantitative estimate of drug-likeness (QED) is 0.371. The van der Waals surface area contributed by atoms with Crippen LogP contribution in [0.25, 0.3) is 16.8 Å². The van der Waals surface area contributed by atoms with Crippen LogP contribution in [0.2, 0.25) is 0 Å². The first-order valence-electron chi connectivity index (χ1n) is 9.72. The minimum Gasteiger partial charge on any atom is -0.399 e. The summed E-state index contributed by atoms with van der Waals surface area (Å²) in [4.78, 5) is 25.8. The fourth-order valence-corrected chi connectivity index (χ4v) is 3.15. The molecule has 3 aromatic heterocycles.